The lowest BCUT2D eigenvalue weighted by molar-refractivity contribution is -0.140. The second kappa shape index (κ2) is 9.21. The molecule has 1 aromatic heterocycles. The largest absolute Gasteiger partial charge is 0.481 e. The maximum absolute atomic E-state index is 12.3. The van der Waals surface area contributed by atoms with Crippen LogP contribution in [0.3, 0.4) is 0 Å². The van der Waals surface area contributed by atoms with E-state index >= 15 is 0 Å². The number of aromatic nitrogens is 2. The minimum Gasteiger partial charge on any atom is -0.481 e. The molecule has 0 fully saturated rings. The number of fused-ring (bicyclic) bond motifs is 1. The molecule has 6 N–H and O–H groups in total. The van der Waals surface area contributed by atoms with Crippen molar-refractivity contribution >= 4 is 29.6 Å². The van der Waals surface area contributed by atoms with Crippen molar-refractivity contribution in [2.24, 2.45) is 0 Å². The quantitative estimate of drug-likeness (QED) is 0.406. The first-order chi connectivity index (χ1) is 14.3. The fourth-order valence-corrected chi connectivity index (χ4v) is 3.36. The highest BCUT2D eigenvalue weighted by atomic mass is 16.4. The average Bonchev–Trinajstić information content (AvgIpc) is 3.11. The van der Waals surface area contributed by atoms with Gasteiger partial charge in [0.05, 0.1) is 0 Å². The van der Waals surface area contributed by atoms with Crippen molar-refractivity contribution in [3.05, 3.63) is 47.2 Å². The van der Waals surface area contributed by atoms with Crippen LogP contribution in [0.25, 0.3) is 0 Å². The Hall–Kier alpha value is -3.69. The molecule has 0 bridgehead atoms. The number of anilines is 2. The van der Waals surface area contributed by atoms with E-state index in [2.05, 4.69) is 20.6 Å². The average molecular weight is 413 g/mol. The summed E-state index contributed by atoms with van der Waals surface area (Å²) in [5.74, 6) is -1.65. The van der Waals surface area contributed by atoms with Crippen LogP contribution in [0.15, 0.2) is 30.5 Å². The number of aryl methyl sites for hydroxylation is 1. The monoisotopic (exact) mass is 413 g/mol. The lowest BCUT2D eigenvalue weighted by Gasteiger charge is -2.14. The summed E-state index contributed by atoms with van der Waals surface area (Å²) in [4.78, 5) is 42.4. The van der Waals surface area contributed by atoms with Gasteiger partial charge in [0.2, 0.25) is 5.95 Å². The van der Waals surface area contributed by atoms with Crippen LogP contribution in [0, 0.1) is 0 Å². The third-order valence-electron chi connectivity index (χ3n) is 5.04. The number of hydrogen-bond donors (Lipinski definition) is 5. The zero-order valence-corrected chi connectivity index (χ0v) is 16.2. The number of aliphatic carboxylic acids is 2. The number of hydrogen-bond acceptors (Lipinski definition) is 7. The van der Waals surface area contributed by atoms with Crippen LogP contribution in [0.1, 0.15) is 46.7 Å². The van der Waals surface area contributed by atoms with Crippen LogP contribution in [0.5, 0.6) is 0 Å². The standard InChI is InChI=1S/C20H23N5O5/c21-20-23-10-14-13(9-22-17(14)25-20)6-3-11-1-4-12(5-2-11)18(28)24-15(19(29)30)7-8-16(26)27/h1-2,4-5,10,13,15H,3,6-9H2,(H,24,28)(H,26,27)(H,29,30)(H3,21,22,23,25)/t13?,15-/m0/s1. The molecule has 1 aromatic carbocycles. The molecular weight excluding hydrogens is 390 g/mol. The molecule has 3 rings (SSSR count). The Labute approximate surface area is 172 Å². The molecule has 1 amide bonds. The minimum absolute atomic E-state index is 0.180. The van der Waals surface area contributed by atoms with Crippen LogP contribution in [-0.2, 0) is 16.0 Å². The van der Waals surface area contributed by atoms with Gasteiger partial charge in [-0.1, -0.05) is 12.1 Å². The van der Waals surface area contributed by atoms with E-state index in [1.54, 1.807) is 18.3 Å². The van der Waals surface area contributed by atoms with Crippen molar-refractivity contribution in [1.29, 1.82) is 0 Å². The van der Waals surface area contributed by atoms with Gasteiger partial charge in [0.1, 0.15) is 11.9 Å². The summed E-state index contributed by atoms with van der Waals surface area (Å²) >= 11 is 0. The third kappa shape index (κ3) is 5.22. The maximum atomic E-state index is 12.3. The first kappa shape index (κ1) is 21.0. The SMILES string of the molecule is Nc1ncc2c(n1)NCC2CCc1ccc(C(=O)N[C@@H](CCC(=O)O)C(=O)O)cc1. The Morgan fingerprint density at radius 1 is 1.23 bits per heavy atom. The Balaban J connectivity index is 1.55. The number of nitrogen functional groups attached to an aromatic ring is 1. The van der Waals surface area contributed by atoms with E-state index < -0.39 is 23.9 Å². The summed E-state index contributed by atoms with van der Waals surface area (Å²) in [6, 6.07) is 5.66. The summed E-state index contributed by atoms with van der Waals surface area (Å²) in [6.07, 6.45) is 2.89. The molecule has 2 heterocycles. The first-order valence-electron chi connectivity index (χ1n) is 9.54. The number of nitrogens with one attached hydrogen (secondary N) is 2. The van der Waals surface area contributed by atoms with Gasteiger partial charge in [0, 0.05) is 36.2 Å². The fraction of sp³-hybridized carbons (Fsp3) is 0.350. The Morgan fingerprint density at radius 3 is 2.63 bits per heavy atom. The lowest BCUT2D eigenvalue weighted by Crippen LogP contribution is -2.41. The van der Waals surface area contributed by atoms with Crippen LogP contribution >= 0.6 is 0 Å². The number of carbonyl (C=O) groups excluding carboxylic acids is 1. The minimum atomic E-state index is -1.27. The summed E-state index contributed by atoms with van der Waals surface area (Å²) < 4.78 is 0. The zero-order chi connectivity index (χ0) is 21.7. The van der Waals surface area contributed by atoms with Crippen molar-refractivity contribution in [3.8, 4) is 0 Å². The van der Waals surface area contributed by atoms with Gasteiger partial charge in [0.15, 0.2) is 0 Å². The molecule has 0 spiro atoms. The maximum Gasteiger partial charge on any atom is 0.326 e. The van der Waals surface area contributed by atoms with Gasteiger partial charge in [-0.05, 0) is 37.0 Å². The van der Waals surface area contributed by atoms with Crippen LogP contribution < -0.4 is 16.4 Å². The van der Waals surface area contributed by atoms with E-state index in [-0.39, 0.29) is 24.7 Å². The van der Waals surface area contributed by atoms with Crippen LogP contribution in [0.2, 0.25) is 0 Å². The fourth-order valence-electron chi connectivity index (χ4n) is 3.36. The summed E-state index contributed by atoms with van der Waals surface area (Å²) in [6.45, 7) is 0.765. The highest BCUT2D eigenvalue weighted by Crippen LogP contribution is 2.32. The first-order valence-corrected chi connectivity index (χ1v) is 9.54. The van der Waals surface area contributed by atoms with Crippen molar-refractivity contribution in [2.75, 3.05) is 17.6 Å². The van der Waals surface area contributed by atoms with Gasteiger partial charge in [-0.2, -0.15) is 4.98 Å². The van der Waals surface area contributed by atoms with E-state index in [4.69, 9.17) is 15.9 Å². The number of benzene rings is 1. The smallest absolute Gasteiger partial charge is 0.326 e. The van der Waals surface area contributed by atoms with Crippen molar-refractivity contribution in [2.45, 2.75) is 37.6 Å². The predicted molar refractivity (Wildman–Crippen MR) is 108 cm³/mol. The lowest BCUT2D eigenvalue weighted by atomic mass is 9.95. The molecule has 0 saturated heterocycles. The van der Waals surface area contributed by atoms with Gasteiger partial charge in [-0.15, -0.1) is 0 Å². The van der Waals surface area contributed by atoms with Crippen LogP contribution in [0.4, 0.5) is 11.8 Å². The molecule has 10 heteroatoms. The van der Waals surface area contributed by atoms with Crippen molar-refractivity contribution in [1.82, 2.24) is 15.3 Å². The van der Waals surface area contributed by atoms with Crippen molar-refractivity contribution < 1.29 is 24.6 Å². The van der Waals surface area contributed by atoms with Gasteiger partial charge in [-0.3, -0.25) is 9.59 Å². The van der Waals surface area contributed by atoms with Gasteiger partial charge in [-0.25, -0.2) is 9.78 Å². The van der Waals surface area contributed by atoms with E-state index in [0.717, 1.165) is 36.3 Å². The van der Waals surface area contributed by atoms with Gasteiger partial charge in [0.25, 0.3) is 5.91 Å². The highest BCUT2D eigenvalue weighted by molar-refractivity contribution is 5.96. The predicted octanol–water partition coefficient (Wildman–Crippen LogP) is 1.25. The molecule has 0 saturated carbocycles. The zero-order valence-electron chi connectivity index (χ0n) is 16.2. The van der Waals surface area contributed by atoms with E-state index in [1.165, 1.54) is 0 Å². The number of nitrogens with zero attached hydrogens (tertiary/aromatic N) is 2. The van der Waals surface area contributed by atoms with E-state index in [9.17, 15) is 14.4 Å². The number of carboxylic acids is 2. The summed E-state index contributed by atoms with van der Waals surface area (Å²) in [5.41, 5.74) is 8.00. The Bertz CT molecular complexity index is 947. The third-order valence-corrected chi connectivity index (χ3v) is 5.04. The van der Waals surface area contributed by atoms with Gasteiger partial charge >= 0.3 is 11.9 Å². The van der Waals surface area contributed by atoms with E-state index in [0.29, 0.717) is 5.56 Å². The molecule has 0 aliphatic carbocycles. The summed E-state index contributed by atoms with van der Waals surface area (Å²) in [5, 5.41) is 23.4. The van der Waals surface area contributed by atoms with Crippen LogP contribution in [-0.4, -0.2) is 50.6 Å². The molecule has 1 aliphatic heterocycles. The molecule has 158 valence electrons. The topological polar surface area (TPSA) is 168 Å². The Kier molecular flexibility index (Phi) is 6.45. The molecule has 30 heavy (non-hydrogen) atoms. The second-order valence-corrected chi connectivity index (χ2v) is 7.14. The van der Waals surface area contributed by atoms with Crippen molar-refractivity contribution in [3.63, 3.8) is 0 Å². The molecule has 2 atom stereocenters. The number of carboxylic acid groups (broad SMARTS) is 2. The Morgan fingerprint density at radius 2 is 1.97 bits per heavy atom. The molecule has 0 radical (unpaired) electrons. The van der Waals surface area contributed by atoms with Gasteiger partial charge < -0.3 is 26.6 Å². The molecule has 1 aliphatic rings. The number of rotatable bonds is 9. The number of amides is 1. The number of carbonyl (C=O) groups is 3. The second-order valence-electron chi connectivity index (χ2n) is 7.14. The normalized spacial score (nSPS) is 15.7. The molecular formula is C20H23N5O5. The van der Waals surface area contributed by atoms with E-state index in [1.807, 2.05) is 12.1 Å². The molecule has 2 aromatic rings. The number of nitrogens with two attached hydrogens (primary N) is 1. The molecule has 1 unspecified atom stereocenters. The molecule has 10 nitrogen and oxygen atoms in total. The summed E-state index contributed by atoms with van der Waals surface area (Å²) in [7, 11) is 0. The highest BCUT2D eigenvalue weighted by Gasteiger charge is 2.24.